The number of aliphatic hydroxyl groups is 1. The maximum absolute atomic E-state index is 11.3. The molecule has 1 amide bonds. The minimum Gasteiger partial charge on any atom is -0.491 e. The van der Waals surface area contributed by atoms with Gasteiger partial charge in [0.25, 0.3) is 0 Å². The molecule has 0 saturated heterocycles. The summed E-state index contributed by atoms with van der Waals surface area (Å²) >= 11 is 3.10. The lowest BCUT2D eigenvalue weighted by Gasteiger charge is -2.28. The Kier molecular flexibility index (Phi) is 7.03. The zero-order valence-electron chi connectivity index (χ0n) is 14.8. The largest absolute Gasteiger partial charge is 0.491 e. The second kappa shape index (κ2) is 9.03. The fraction of sp³-hybridized carbons (Fsp3) is 0.444. The number of nitrogens with zero attached hydrogens (tertiary/aromatic N) is 1. The van der Waals surface area contributed by atoms with Crippen LogP contribution in [-0.2, 0) is 4.79 Å². The summed E-state index contributed by atoms with van der Waals surface area (Å²) in [5.41, 5.74) is 1.01. The van der Waals surface area contributed by atoms with E-state index in [0.717, 1.165) is 10.9 Å². The number of ether oxygens (including phenoxy) is 1. The van der Waals surface area contributed by atoms with E-state index >= 15 is 0 Å². The van der Waals surface area contributed by atoms with E-state index in [-0.39, 0.29) is 23.4 Å². The Balaban J connectivity index is 1.80. The number of halogens is 1. The third-order valence-corrected chi connectivity index (χ3v) is 4.33. The van der Waals surface area contributed by atoms with E-state index in [2.05, 4.69) is 37.6 Å². The van der Waals surface area contributed by atoms with Gasteiger partial charge in [-0.25, -0.2) is 0 Å². The zero-order valence-corrected chi connectivity index (χ0v) is 16.4. The Morgan fingerprint density at radius 1 is 1.46 bits per heavy atom. The summed E-state index contributed by atoms with van der Waals surface area (Å²) < 4.78 is 5.64. The number of nitriles is 1. The van der Waals surface area contributed by atoms with Gasteiger partial charge < -0.3 is 25.5 Å². The van der Waals surface area contributed by atoms with Gasteiger partial charge in [0.15, 0.2) is 0 Å². The molecule has 0 aliphatic rings. The molecule has 0 bridgehead atoms. The molecule has 26 heavy (non-hydrogen) atoms. The lowest BCUT2D eigenvalue weighted by atomic mass is 10.1. The van der Waals surface area contributed by atoms with Crippen LogP contribution in [0.15, 0.2) is 24.3 Å². The Labute approximate surface area is 160 Å². The molecule has 0 aliphatic heterocycles. The molecular formula is C18H23BrN4O3. The number of fused-ring (bicyclic) bond motifs is 1. The molecule has 0 fully saturated rings. The SMILES string of the molecule is CC(C)(CNC(=O)CBr)NCC(O)COc1ccc2[nH]c(C#N)cc2c1. The Morgan fingerprint density at radius 3 is 2.92 bits per heavy atom. The smallest absolute Gasteiger partial charge is 0.230 e. The monoisotopic (exact) mass is 422 g/mol. The van der Waals surface area contributed by atoms with E-state index in [9.17, 15) is 9.90 Å². The van der Waals surface area contributed by atoms with Crippen LogP contribution in [0.4, 0.5) is 0 Å². The lowest BCUT2D eigenvalue weighted by Crippen LogP contribution is -2.51. The third-order valence-electron chi connectivity index (χ3n) is 3.82. The Bertz CT molecular complexity index is 797. The minimum absolute atomic E-state index is 0.0801. The van der Waals surface area contributed by atoms with Crippen LogP contribution in [0.25, 0.3) is 10.9 Å². The number of hydrogen-bond donors (Lipinski definition) is 4. The van der Waals surface area contributed by atoms with Crippen LogP contribution in [0.2, 0.25) is 0 Å². The van der Waals surface area contributed by atoms with E-state index in [1.165, 1.54) is 0 Å². The maximum Gasteiger partial charge on any atom is 0.230 e. The Morgan fingerprint density at radius 2 is 2.23 bits per heavy atom. The average Bonchev–Trinajstić information content (AvgIpc) is 3.05. The van der Waals surface area contributed by atoms with Crippen molar-refractivity contribution in [2.75, 3.05) is 25.0 Å². The molecule has 0 radical (unpaired) electrons. The Hall–Kier alpha value is -2.08. The number of amides is 1. The first kappa shape index (κ1) is 20.2. The maximum atomic E-state index is 11.3. The molecule has 140 valence electrons. The summed E-state index contributed by atoms with van der Waals surface area (Å²) in [6.07, 6.45) is -0.697. The lowest BCUT2D eigenvalue weighted by molar-refractivity contribution is -0.118. The number of benzene rings is 1. The number of carbonyl (C=O) groups excluding carboxylic acids is 1. The highest BCUT2D eigenvalue weighted by atomic mass is 79.9. The quantitative estimate of drug-likeness (QED) is 0.459. The fourth-order valence-corrected chi connectivity index (χ4v) is 2.53. The van der Waals surface area contributed by atoms with Gasteiger partial charge in [-0.2, -0.15) is 5.26 Å². The molecular weight excluding hydrogens is 400 g/mol. The minimum atomic E-state index is -0.697. The van der Waals surface area contributed by atoms with E-state index in [4.69, 9.17) is 10.00 Å². The van der Waals surface area contributed by atoms with Crippen molar-refractivity contribution in [3.05, 3.63) is 30.0 Å². The summed E-state index contributed by atoms with van der Waals surface area (Å²) in [5, 5.41) is 26.2. The molecule has 0 spiro atoms. The molecule has 2 rings (SSSR count). The number of aliphatic hydroxyl groups excluding tert-OH is 1. The van der Waals surface area contributed by atoms with Crippen LogP contribution in [0.3, 0.4) is 0 Å². The van der Waals surface area contributed by atoms with Gasteiger partial charge in [-0.05, 0) is 38.1 Å². The van der Waals surface area contributed by atoms with Gasteiger partial charge in [0.2, 0.25) is 5.91 Å². The van der Waals surface area contributed by atoms with Crippen LogP contribution in [0, 0.1) is 11.3 Å². The molecule has 1 aromatic heterocycles. The molecule has 8 heteroatoms. The van der Waals surface area contributed by atoms with Crippen molar-refractivity contribution in [3.63, 3.8) is 0 Å². The number of aromatic amines is 1. The topological polar surface area (TPSA) is 110 Å². The van der Waals surface area contributed by atoms with Crippen LogP contribution in [0.5, 0.6) is 5.75 Å². The van der Waals surface area contributed by atoms with Crippen molar-refractivity contribution in [1.82, 2.24) is 15.6 Å². The van der Waals surface area contributed by atoms with Gasteiger partial charge >= 0.3 is 0 Å². The summed E-state index contributed by atoms with van der Waals surface area (Å²) in [6.45, 7) is 4.82. The average molecular weight is 423 g/mol. The number of aromatic nitrogens is 1. The van der Waals surface area contributed by atoms with E-state index < -0.39 is 6.10 Å². The van der Waals surface area contributed by atoms with Crippen molar-refractivity contribution in [3.8, 4) is 11.8 Å². The molecule has 1 atom stereocenters. The molecule has 7 nitrogen and oxygen atoms in total. The van der Waals surface area contributed by atoms with Crippen molar-refractivity contribution in [2.24, 2.45) is 0 Å². The van der Waals surface area contributed by atoms with Crippen molar-refractivity contribution < 1.29 is 14.6 Å². The number of hydrogen-bond acceptors (Lipinski definition) is 5. The highest BCUT2D eigenvalue weighted by molar-refractivity contribution is 9.09. The summed E-state index contributed by atoms with van der Waals surface area (Å²) in [5.74, 6) is 0.548. The molecule has 0 aliphatic carbocycles. The van der Waals surface area contributed by atoms with Crippen molar-refractivity contribution in [1.29, 1.82) is 5.26 Å². The van der Waals surface area contributed by atoms with Gasteiger partial charge in [0.05, 0.1) is 5.33 Å². The van der Waals surface area contributed by atoms with Gasteiger partial charge in [-0.15, -0.1) is 0 Å². The number of alkyl halides is 1. The fourth-order valence-electron chi connectivity index (χ4n) is 2.34. The molecule has 1 aromatic carbocycles. The second-order valence-electron chi connectivity index (χ2n) is 6.68. The van der Waals surface area contributed by atoms with Crippen LogP contribution in [-0.4, -0.2) is 52.7 Å². The van der Waals surface area contributed by atoms with Crippen LogP contribution in [0.1, 0.15) is 19.5 Å². The van der Waals surface area contributed by atoms with Crippen molar-refractivity contribution in [2.45, 2.75) is 25.5 Å². The zero-order chi connectivity index (χ0) is 19.2. The third kappa shape index (κ3) is 6.02. The first-order valence-corrected chi connectivity index (χ1v) is 9.36. The predicted octanol–water partition coefficient (Wildman–Crippen LogP) is 1.66. The van der Waals surface area contributed by atoms with E-state index in [1.807, 2.05) is 26.0 Å². The first-order chi connectivity index (χ1) is 12.3. The van der Waals surface area contributed by atoms with Gasteiger partial charge in [-0.1, -0.05) is 15.9 Å². The molecule has 1 unspecified atom stereocenters. The van der Waals surface area contributed by atoms with E-state index in [0.29, 0.717) is 24.5 Å². The van der Waals surface area contributed by atoms with Crippen LogP contribution < -0.4 is 15.4 Å². The highest BCUT2D eigenvalue weighted by Crippen LogP contribution is 2.21. The highest BCUT2D eigenvalue weighted by Gasteiger charge is 2.19. The summed E-state index contributed by atoms with van der Waals surface area (Å²) in [4.78, 5) is 14.3. The van der Waals surface area contributed by atoms with Gasteiger partial charge in [0, 0.05) is 29.5 Å². The standard InChI is InChI=1S/C18H23BrN4O3/c1-18(2,11-21-17(25)7-19)22-9-14(24)10-26-15-3-4-16-12(6-15)5-13(8-20)23-16/h3-6,14,22-24H,7,9-11H2,1-2H3,(H,21,25). The van der Waals surface area contributed by atoms with Crippen molar-refractivity contribution >= 4 is 32.7 Å². The number of nitrogens with one attached hydrogen (secondary N) is 3. The molecule has 0 saturated carbocycles. The normalized spacial score (nSPS) is 12.6. The second-order valence-corrected chi connectivity index (χ2v) is 7.24. The number of rotatable bonds is 9. The number of carbonyl (C=O) groups is 1. The van der Waals surface area contributed by atoms with E-state index in [1.54, 1.807) is 12.1 Å². The summed E-state index contributed by atoms with van der Waals surface area (Å²) in [7, 11) is 0. The molecule has 4 N–H and O–H groups in total. The van der Waals surface area contributed by atoms with Crippen LogP contribution >= 0.6 is 15.9 Å². The first-order valence-electron chi connectivity index (χ1n) is 8.24. The molecule has 2 aromatic rings. The van der Waals surface area contributed by atoms with Gasteiger partial charge in [0.1, 0.15) is 30.2 Å². The molecule has 1 heterocycles. The number of H-pyrrole nitrogens is 1. The number of β-amino-alcohol motifs (C(OH)–C–C–N with tert-alkyl or cyclic N) is 1. The predicted molar refractivity (Wildman–Crippen MR) is 103 cm³/mol. The summed E-state index contributed by atoms with van der Waals surface area (Å²) in [6, 6.07) is 9.27. The van der Waals surface area contributed by atoms with Gasteiger partial charge in [-0.3, -0.25) is 4.79 Å².